The predicted octanol–water partition coefficient (Wildman–Crippen LogP) is 1.31. The van der Waals surface area contributed by atoms with Crippen LogP contribution in [0.3, 0.4) is 0 Å². The summed E-state index contributed by atoms with van der Waals surface area (Å²) in [6.45, 7) is 4.52. The minimum absolute atomic E-state index is 0.0674. The van der Waals surface area contributed by atoms with Gasteiger partial charge >= 0.3 is 6.03 Å². The average molecular weight is 292 g/mol. The first kappa shape index (κ1) is 14.4. The van der Waals surface area contributed by atoms with Crippen molar-refractivity contribution in [1.82, 2.24) is 20.2 Å². The summed E-state index contributed by atoms with van der Waals surface area (Å²) in [4.78, 5) is 16.3. The third-order valence-electron chi connectivity index (χ3n) is 4.48. The van der Waals surface area contributed by atoms with E-state index in [1.165, 1.54) is 0 Å². The zero-order chi connectivity index (χ0) is 14.7. The molecule has 6 heteroatoms. The lowest BCUT2D eigenvalue weighted by Gasteiger charge is -2.25. The molecule has 2 amide bonds. The lowest BCUT2D eigenvalue weighted by Crippen LogP contribution is -2.47. The molecule has 1 saturated heterocycles. The first-order valence-electron chi connectivity index (χ1n) is 7.88. The minimum Gasteiger partial charge on any atom is -0.376 e. The van der Waals surface area contributed by atoms with E-state index in [0.717, 1.165) is 44.7 Å². The van der Waals surface area contributed by atoms with Gasteiger partial charge in [0.1, 0.15) is 5.82 Å². The van der Waals surface area contributed by atoms with E-state index >= 15 is 0 Å². The van der Waals surface area contributed by atoms with Crippen LogP contribution in [0, 0.1) is 5.92 Å². The topological polar surface area (TPSA) is 68.2 Å². The SMILES string of the molecule is C[C@H](NC(=O)NC[C@@H]1CCn2ccnc2C1)[C@H]1CCCO1. The van der Waals surface area contributed by atoms with E-state index in [2.05, 4.69) is 20.2 Å². The standard InChI is InChI=1S/C15H24N4O2/c1-11(13-3-2-8-21-13)18-15(20)17-10-12-4-6-19-7-5-16-14(19)9-12/h5,7,11-13H,2-4,6,8-10H2,1H3,(H2,17,18,20)/t11-,12+,13+/m0/s1. The smallest absolute Gasteiger partial charge is 0.315 e. The number of rotatable bonds is 4. The lowest BCUT2D eigenvalue weighted by molar-refractivity contribution is 0.0859. The number of imidazole rings is 1. The molecule has 2 aliphatic heterocycles. The Balaban J connectivity index is 1.40. The number of urea groups is 1. The number of nitrogens with one attached hydrogen (secondary N) is 2. The maximum Gasteiger partial charge on any atom is 0.315 e. The van der Waals surface area contributed by atoms with Crippen molar-refractivity contribution in [3.8, 4) is 0 Å². The molecule has 0 bridgehead atoms. The van der Waals surface area contributed by atoms with E-state index in [4.69, 9.17) is 4.74 Å². The summed E-state index contributed by atoms with van der Waals surface area (Å²) in [6.07, 6.45) is 8.19. The Morgan fingerprint density at radius 2 is 2.48 bits per heavy atom. The summed E-state index contributed by atoms with van der Waals surface area (Å²) in [6, 6.07) is -0.0235. The van der Waals surface area contributed by atoms with E-state index < -0.39 is 0 Å². The second-order valence-electron chi connectivity index (χ2n) is 6.09. The summed E-state index contributed by atoms with van der Waals surface area (Å²) in [7, 11) is 0. The highest BCUT2D eigenvalue weighted by Gasteiger charge is 2.24. The van der Waals surface area contributed by atoms with E-state index in [9.17, 15) is 4.79 Å². The monoisotopic (exact) mass is 292 g/mol. The maximum atomic E-state index is 11.9. The molecule has 0 aliphatic carbocycles. The van der Waals surface area contributed by atoms with Gasteiger partial charge in [0.15, 0.2) is 0 Å². The quantitative estimate of drug-likeness (QED) is 0.879. The zero-order valence-electron chi connectivity index (χ0n) is 12.5. The zero-order valence-corrected chi connectivity index (χ0v) is 12.5. The molecule has 3 atom stereocenters. The highest BCUT2D eigenvalue weighted by Crippen LogP contribution is 2.18. The van der Waals surface area contributed by atoms with Crippen LogP contribution in [0.1, 0.15) is 32.0 Å². The number of fused-ring (bicyclic) bond motifs is 1. The third-order valence-corrected chi connectivity index (χ3v) is 4.48. The molecule has 0 saturated carbocycles. The Morgan fingerprint density at radius 1 is 1.57 bits per heavy atom. The van der Waals surface area contributed by atoms with Crippen molar-refractivity contribution in [3.63, 3.8) is 0 Å². The number of aromatic nitrogens is 2. The fourth-order valence-corrected chi connectivity index (χ4v) is 3.17. The lowest BCUT2D eigenvalue weighted by atomic mass is 9.98. The van der Waals surface area contributed by atoms with E-state index in [-0.39, 0.29) is 18.2 Å². The Kier molecular flexibility index (Phi) is 4.43. The van der Waals surface area contributed by atoms with Crippen molar-refractivity contribution in [2.75, 3.05) is 13.2 Å². The molecule has 1 fully saturated rings. The number of amides is 2. The number of ether oxygens (including phenoxy) is 1. The molecule has 3 heterocycles. The molecule has 21 heavy (non-hydrogen) atoms. The second-order valence-corrected chi connectivity index (χ2v) is 6.09. The second kappa shape index (κ2) is 6.47. The minimum atomic E-state index is -0.0908. The summed E-state index contributed by atoms with van der Waals surface area (Å²) in [5.41, 5.74) is 0. The van der Waals surface area contributed by atoms with Crippen molar-refractivity contribution in [2.45, 2.75) is 51.3 Å². The summed E-state index contributed by atoms with van der Waals surface area (Å²) in [5, 5.41) is 5.97. The molecule has 1 aromatic rings. The van der Waals surface area contributed by atoms with Gasteiger partial charge in [-0.2, -0.15) is 0 Å². The van der Waals surface area contributed by atoms with Gasteiger partial charge in [-0.05, 0) is 32.1 Å². The van der Waals surface area contributed by atoms with Gasteiger partial charge in [-0.25, -0.2) is 9.78 Å². The van der Waals surface area contributed by atoms with Gasteiger partial charge in [0.2, 0.25) is 0 Å². The fourth-order valence-electron chi connectivity index (χ4n) is 3.17. The van der Waals surface area contributed by atoms with Crippen LogP contribution in [0.2, 0.25) is 0 Å². The first-order chi connectivity index (χ1) is 10.2. The van der Waals surface area contributed by atoms with Crippen LogP contribution in [0.4, 0.5) is 4.79 Å². The normalized spacial score (nSPS) is 26.1. The number of nitrogens with zero attached hydrogens (tertiary/aromatic N) is 2. The van der Waals surface area contributed by atoms with Crippen molar-refractivity contribution in [2.24, 2.45) is 5.92 Å². The number of carbonyl (C=O) groups is 1. The van der Waals surface area contributed by atoms with E-state index in [1.807, 2.05) is 19.3 Å². The molecule has 3 rings (SSSR count). The molecule has 0 spiro atoms. The molecule has 6 nitrogen and oxygen atoms in total. The largest absolute Gasteiger partial charge is 0.376 e. The van der Waals surface area contributed by atoms with Crippen molar-refractivity contribution in [1.29, 1.82) is 0 Å². The van der Waals surface area contributed by atoms with Crippen molar-refractivity contribution in [3.05, 3.63) is 18.2 Å². The van der Waals surface area contributed by atoms with Crippen molar-refractivity contribution < 1.29 is 9.53 Å². The summed E-state index contributed by atoms with van der Waals surface area (Å²) < 4.78 is 7.78. The summed E-state index contributed by atoms with van der Waals surface area (Å²) >= 11 is 0. The summed E-state index contributed by atoms with van der Waals surface area (Å²) in [5.74, 6) is 1.60. The van der Waals surface area contributed by atoms with Crippen molar-refractivity contribution >= 4 is 6.03 Å². The van der Waals surface area contributed by atoms with Crippen LogP contribution in [-0.2, 0) is 17.7 Å². The van der Waals surface area contributed by atoms with Gasteiger partial charge < -0.3 is 19.9 Å². The van der Waals surface area contributed by atoms with Gasteiger partial charge in [-0.15, -0.1) is 0 Å². The van der Waals surface area contributed by atoms with Crippen LogP contribution >= 0.6 is 0 Å². The van der Waals surface area contributed by atoms with Gasteiger partial charge in [-0.3, -0.25) is 0 Å². The van der Waals surface area contributed by atoms with Gasteiger partial charge in [0, 0.05) is 38.5 Å². The molecular formula is C15H24N4O2. The van der Waals surface area contributed by atoms with Gasteiger partial charge in [-0.1, -0.05) is 0 Å². The number of hydrogen-bond donors (Lipinski definition) is 2. The molecule has 2 aliphatic rings. The number of hydrogen-bond acceptors (Lipinski definition) is 3. The van der Waals surface area contributed by atoms with Gasteiger partial charge in [0.25, 0.3) is 0 Å². The van der Waals surface area contributed by atoms with E-state index in [1.54, 1.807) is 0 Å². The van der Waals surface area contributed by atoms with Crippen LogP contribution < -0.4 is 10.6 Å². The maximum absolute atomic E-state index is 11.9. The number of aryl methyl sites for hydroxylation is 1. The molecule has 2 N–H and O–H groups in total. The van der Waals surface area contributed by atoms with E-state index in [0.29, 0.717) is 12.5 Å². The van der Waals surface area contributed by atoms with Gasteiger partial charge in [0.05, 0.1) is 12.1 Å². The Bertz CT molecular complexity index is 482. The molecule has 0 unspecified atom stereocenters. The fraction of sp³-hybridized carbons (Fsp3) is 0.733. The molecule has 1 aromatic heterocycles. The third kappa shape index (κ3) is 3.56. The average Bonchev–Trinajstić information content (AvgIpc) is 3.15. The van der Waals surface area contributed by atoms with Crippen LogP contribution in [-0.4, -0.2) is 40.9 Å². The van der Waals surface area contributed by atoms with Crippen LogP contribution in [0.25, 0.3) is 0 Å². The first-order valence-corrected chi connectivity index (χ1v) is 7.88. The Hall–Kier alpha value is -1.56. The molecule has 0 aromatic carbocycles. The number of carbonyl (C=O) groups excluding carboxylic acids is 1. The molecular weight excluding hydrogens is 268 g/mol. The molecule has 116 valence electrons. The predicted molar refractivity (Wildman–Crippen MR) is 79.0 cm³/mol. The highest BCUT2D eigenvalue weighted by molar-refractivity contribution is 5.74. The highest BCUT2D eigenvalue weighted by atomic mass is 16.5. The Labute approximate surface area is 125 Å². The van der Waals surface area contributed by atoms with Crippen LogP contribution in [0.15, 0.2) is 12.4 Å². The van der Waals surface area contributed by atoms with Crippen LogP contribution in [0.5, 0.6) is 0 Å². The molecule has 0 radical (unpaired) electrons. The Morgan fingerprint density at radius 3 is 3.29 bits per heavy atom.